The highest BCUT2D eigenvalue weighted by atomic mass is 16.5. The highest BCUT2D eigenvalue weighted by Gasteiger charge is 2.52. The summed E-state index contributed by atoms with van der Waals surface area (Å²) in [4.78, 5) is 10.8. The molecule has 1 aromatic rings. The molecule has 0 unspecified atom stereocenters. The first kappa shape index (κ1) is 21.9. The summed E-state index contributed by atoms with van der Waals surface area (Å²) in [6, 6.07) is 6.74. The molecule has 0 aromatic heterocycles. The molecule has 0 atom stereocenters. The molecule has 0 spiro atoms. The Kier molecular flexibility index (Phi) is 6.14. The van der Waals surface area contributed by atoms with Crippen molar-refractivity contribution >= 4 is 11.5 Å². The van der Waals surface area contributed by atoms with Crippen molar-refractivity contribution in [3.63, 3.8) is 0 Å². The maximum atomic E-state index is 10.8. The van der Waals surface area contributed by atoms with Gasteiger partial charge in [0.2, 0.25) is 0 Å². The lowest BCUT2D eigenvalue weighted by Crippen LogP contribution is -2.48. The molecular formula is C28H36O3. The van der Waals surface area contributed by atoms with Gasteiger partial charge in [-0.2, -0.15) is 0 Å². The molecule has 0 saturated heterocycles. The van der Waals surface area contributed by atoms with Crippen LogP contribution in [-0.4, -0.2) is 17.2 Å². The topological polar surface area (TPSA) is 46.5 Å². The molecule has 5 rings (SSSR count). The van der Waals surface area contributed by atoms with Crippen LogP contribution >= 0.6 is 0 Å². The van der Waals surface area contributed by atoms with Crippen LogP contribution in [0.25, 0.3) is 5.57 Å². The minimum atomic E-state index is -0.913. The molecule has 166 valence electrons. The molecule has 4 saturated carbocycles. The number of rotatable bonds is 7. The second kappa shape index (κ2) is 8.68. The molecule has 0 radical (unpaired) electrons. The van der Waals surface area contributed by atoms with E-state index in [1.807, 2.05) is 12.2 Å². The highest BCUT2D eigenvalue weighted by Crippen LogP contribution is 2.62. The molecule has 0 amide bonds. The van der Waals surface area contributed by atoms with Gasteiger partial charge >= 0.3 is 5.97 Å². The van der Waals surface area contributed by atoms with Crippen LogP contribution in [-0.2, 0) is 10.2 Å². The zero-order valence-corrected chi connectivity index (χ0v) is 19.4. The zero-order valence-electron chi connectivity index (χ0n) is 19.4. The fraction of sp³-hybridized carbons (Fsp3) is 0.536. The zero-order chi connectivity index (χ0) is 22.2. The van der Waals surface area contributed by atoms with E-state index in [2.05, 4.69) is 45.0 Å². The minimum Gasteiger partial charge on any atom is -0.491 e. The normalized spacial score (nSPS) is 30.4. The Bertz CT molecular complexity index is 896. The molecule has 1 N–H and O–H groups in total. The third-order valence-electron chi connectivity index (χ3n) is 7.46. The van der Waals surface area contributed by atoms with E-state index in [0.717, 1.165) is 29.1 Å². The van der Waals surface area contributed by atoms with Crippen molar-refractivity contribution in [2.75, 3.05) is 0 Å². The lowest BCUT2D eigenvalue weighted by molar-refractivity contribution is -0.131. The summed E-state index contributed by atoms with van der Waals surface area (Å²) >= 11 is 0. The number of hydrogen-bond donors (Lipinski definition) is 1. The number of carboxylic acids is 1. The average Bonchev–Trinajstić information content (AvgIpc) is 2.66. The van der Waals surface area contributed by atoms with Gasteiger partial charge in [0, 0.05) is 11.6 Å². The monoisotopic (exact) mass is 420 g/mol. The largest absolute Gasteiger partial charge is 0.491 e. The summed E-state index contributed by atoms with van der Waals surface area (Å²) in [5.41, 5.74) is 4.85. The maximum Gasteiger partial charge on any atom is 0.328 e. The van der Waals surface area contributed by atoms with Gasteiger partial charge in [-0.3, -0.25) is 0 Å². The second-order valence-corrected chi connectivity index (χ2v) is 10.5. The van der Waals surface area contributed by atoms with Crippen molar-refractivity contribution in [3.05, 3.63) is 59.2 Å². The van der Waals surface area contributed by atoms with Crippen molar-refractivity contribution < 1.29 is 14.6 Å². The van der Waals surface area contributed by atoms with Gasteiger partial charge in [-0.25, -0.2) is 4.79 Å². The molecule has 31 heavy (non-hydrogen) atoms. The van der Waals surface area contributed by atoms with Gasteiger partial charge in [0.25, 0.3) is 0 Å². The van der Waals surface area contributed by atoms with E-state index in [4.69, 9.17) is 9.84 Å². The molecule has 3 heteroatoms. The molecule has 4 aliphatic carbocycles. The third kappa shape index (κ3) is 4.81. The Morgan fingerprint density at radius 2 is 1.71 bits per heavy atom. The summed E-state index contributed by atoms with van der Waals surface area (Å²) in [5, 5.41) is 8.87. The Hall–Kier alpha value is -2.29. The van der Waals surface area contributed by atoms with Crippen LogP contribution in [0.4, 0.5) is 0 Å². The molecule has 1 aromatic carbocycles. The van der Waals surface area contributed by atoms with Gasteiger partial charge in [-0.1, -0.05) is 24.3 Å². The van der Waals surface area contributed by atoms with Crippen molar-refractivity contribution in [1.82, 2.24) is 0 Å². The van der Waals surface area contributed by atoms with E-state index < -0.39 is 5.97 Å². The Balaban J connectivity index is 1.66. The number of carboxylic acid groups (broad SMARTS) is 1. The van der Waals surface area contributed by atoms with Crippen LogP contribution in [0.1, 0.15) is 77.3 Å². The summed E-state index contributed by atoms with van der Waals surface area (Å²) < 4.78 is 6.32. The van der Waals surface area contributed by atoms with Gasteiger partial charge in [0.1, 0.15) is 5.75 Å². The Morgan fingerprint density at radius 3 is 2.26 bits per heavy atom. The van der Waals surface area contributed by atoms with Gasteiger partial charge in [-0.15, -0.1) is 0 Å². The Morgan fingerprint density at radius 1 is 1.10 bits per heavy atom. The van der Waals surface area contributed by atoms with Crippen LogP contribution in [0, 0.1) is 17.8 Å². The first-order valence-electron chi connectivity index (χ1n) is 11.8. The fourth-order valence-electron chi connectivity index (χ4n) is 6.67. The standard InChI is InChI=1S/C28H36O3/c1-18(2)31-26-9-8-24(20(4)7-5-6-19(3)10-27(29)30)14-25(26)28-15-21-11-22(16-28)13-23(12-21)17-28/h5-10,14,18,21-23H,11-13,15-17H2,1-4H3,(H,29,30)/b6-5+,19-10+,20-7+. The predicted molar refractivity (Wildman–Crippen MR) is 126 cm³/mol. The molecule has 3 nitrogen and oxygen atoms in total. The van der Waals surface area contributed by atoms with Gasteiger partial charge < -0.3 is 9.84 Å². The van der Waals surface area contributed by atoms with Crippen molar-refractivity contribution in [2.24, 2.45) is 17.8 Å². The maximum absolute atomic E-state index is 10.8. The van der Waals surface area contributed by atoms with E-state index in [0.29, 0.717) is 0 Å². The minimum absolute atomic E-state index is 0.169. The highest BCUT2D eigenvalue weighted by molar-refractivity contribution is 5.81. The number of hydrogen-bond acceptors (Lipinski definition) is 2. The quantitative estimate of drug-likeness (QED) is 0.384. The van der Waals surface area contributed by atoms with E-state index >= 15 is 0 Å². The summed E-state index contributed by atoms with van der Waals surface area (Å²) in [5.74, 6) is 2.84. The van der Waals surface area contributed by atoms with Crippen LogP contribution < -0.4 is 4.74 Å². The summed E-state index contributed by atoms with van der Waals surface area (Å²) in [7, 11) is 0. The molecule has 0 aliphatic heterocycles. The molecule has 4 aliphatic rings. The third-order valence-corrected chi connectivity index (χ3v) is 7.46. The number of allylic oxidation sites excluding steroid dienone is 5. The van der Waals surface area contributed by atoms with Gasteiger partial charge in [0.05, 0.1) is 6.10 Å². The second-order valence-electron chi connectivity index (χ2n) is 10.5. The summed E-state index contributed by atoms with van der Waals surface area (Å²) in [6.07, 6.45) is 15.5. The number of ether oxygens (including phenoxy) is 1. The van der Waals surface area contributed by atoms with E-state index in [-0.39, 0.29) is 11.5 Å². The number of carbonyl (C=O) groups is 1. The van der Waals surface area contributed by atoms with E-state index in [1.54, 1.807) is 6.92 Å². The SMILES string of the molecule is CC(/C=C/C=C(\C)c1ccc(OC(C)C)c(C23CC4CC(CC(C4)C2)C3)c1)=C\C(=O)O. The van der Waals surface area contributed by atoms with E-state index in [9.17, 15) is 4.79 Å². The molecular weight excluding hydrogens is 384 g/mol. The van der Waals surface area contributed by atoms with Gasteiger partial charge in [-0.05, 0) is 118 Å². The van der Waals surface area contributed by atoms with Crippen molar-refractivity contribution in [3.8, 4) is 5.75 Å². The van der Waals surface area contributed by atoms with Crippen molar-refractivity contribution in [1.29, 1.82) is 0 Å². The van der Waals surface area contributed by atoms with Crippen molar-refractivity contribution in [2.45, 2.75) is 77.7 Å². The number of aliphatic carboxylic acids is 1. The lowest BCUT2D eigenvalue weighted by atomic mass is 9.48. The predicted octanol–water partition coefficient (Wildman–Crippen LogP) is 6.93. The van der Waals surface area contributed by atoms with Crippen LogP contribution in [0.3, 0.4) is 0 Å². The van der Waals surface area contributed by atoms with E-state index in [1.165, 1.54) is 61.3 Å². The fourth-order valence-corrected chi connectivity index (χ4v) is 6.67. The molecule has 4 fully saturated rings. The lowest BCUT2D eigenvalue weighted by Gasteiger charge is -2.57. The Labute approximate surface area is 186 Å². The van der Waals surface area contributed by atoms with Crippen LogP contribution in [0.5, 0.6) is 5.75 Å². The van der Waals surface area contributed by atoms with Crippen LogP contribution in [0.15, 0.2) is 48.1 Å². The molecule has 0 heterocycles. The first-order chi connectivity index (χ1) is 14.7. The molecule has 4 bridgehead atoms. The smallest absolute Gasteiger partial charge is 0.328 e. The number of benzene rings is 1. The van der Waals surface area contributed by atoms with Crippen LogP contribution in [0.2, 0.25) is 0 Å². The van der Waals surface area contributed by atoms with Gasteiger partial charge in [0.15, 0.2) is 0 Å². The first-order valence-corrected chi connectivity index (χ1v) is 11.8. The average molecular weight is 421 g/mol. The summed E-state index contributed by atoms with van der Waals surface area (Å²) in [6.45, 7) is 8.15.